The molecule has 0 radical (unpaired) electrons. The van der Waals surface area contributed by atoms with Gasteiger partial charge >= 0.3 is 0 Å². The fourth-order valence-corrected chi connectivity index (χ4v) is 5.61. The smallest absolute Gasteiger partial charge is 0.236 e. The fourth-order valence-electron chi connectivity index (χ4n) is 4.51. The number of fused-ring (bicyclic) bond motifs is 4. The van der Waals surface area contributed by atoms with Gasteiger partial charge in [0.1, 0.15) is 11.7 Å². The maximum absolute atomic E-state index is 13.7. The highest BCUT2D eigenvalue weighted by Crippen LogP contribution is 2.50. The van der Waals surface area contributed by atoms with Gasteiger partial charge in [0.25, 0.3) is 0 Å². The minimum absolute atomic E-state index is 0.211. The van der Waals surface area contributed by atoms with Crippen LogP contribution in [-0.4, -0.2) is 16.7 Å². The van der Waals surface area contributed by atoms with E-state index in [-0.39, 0.29) is 5.91 Å². The largest absolute Gasteiger partial charge is 0.467 e. The van der Waals surface area contributed by atoms with Gasteiger partial charge in [-0.05, 0) is 79.8 Å². The number of ether oxygens (including phenoxy) is 1. The molecule has 1 amide bonds. The lowest BCUT2D eigenvalue weighted by atomic mass is 9.78. The zero-order chi connectivity index (χ0) is 23.3. The van der Waals surface area contributed by atoms with Crippen molar-refractivity contribution in [2.75, 3.05) is 10.2 Å². The van der Waals surface area contributed by atoms with Gasteiger partial charge in [0.05, 0.1) is 6.04 Å². The van der Waals surface area contributed by atoms with Crippen molar-refractivity contribution in [1.82, 2.24) is 5.32 Å². The molecule has 1 fully saturated rings. The average Bonchev–Trinajstić information content (AvgIpc) is 2.75. The van der Waals surface area contributed by atoms with Crippen molar-refractivity contribution in [3.05, 3.63) is 86.8 Å². The van der Waals surface area contributed by atoms with Crippen LogP contribution in [0.1, 0.15) is 18.5 Å². The van der Waals surface area contributed by atoms with E-state index in [4.69, 9.17) is 40.2 Å². The molecule has 5 rings (SSSR count). The van der Waals surface area contributed by atoms with Crippen molar-refractivity contribution >= 4 is 73.7 Å². The van der Waals surface area contributed by atoms with Crippen molar-refractivity contribution in [3.8, 4) is 5.75 Å². The van der Waals surface area contributed by atoms with Crippen LogP contribution in [0, 0.1) is 5.92 Å². The summed E-state index contributed by atoms with van der Waals surface area (Å²) in [4.78, 5) is 15.6. The fraction of sp³-hybridized carbons (Fsp3) is 0.167. The molecule has 3 atom stereocenters. The van der Waals surface area contributed by atoms with E-state index in [0.717, 1.165) is 15.7 Å². The van der Waals surface area contributed by atoms with Crippen molar-refractivity contribution < 1.29 is 9.53 Å². The first-order valence-corrected chi connectivity index (χ1v) is 12.1. The number of anilines is 2. The monoisotopic (exact) mass is 561 g/mol. The van der Waals surface area contributed by atoms with Crippen molar-refractivity contribution in [1.29, 1.82) is 0 Å². The Balaban J connectivity index is 1.63. The molecule has 0 aromatic heterocycles. The Morgan fingerprint density at radius 1 is 1.12 bits per heavy atom. The summed E-state index contributed by atoms with van der Waals surface area (Å²) < 4.78 is 7.45. The zero-order valence-corrected chi connectivity index (χ0v) is 21.2. The summed E-state index contributed by atoms with van der Waals surface area (Å²) in [7, 11) is 0. The number of carbonyl (C=O) groups is 1. The van der Waals surface area contributed by atoms with Crippen LogP contribution in [0.25, 0.3) is 0 Å². The molecule has 2 aliphatic rings. The van der Waals surface area contributed by atoms with Gasteiger partial charge in [-0.3, -0.25) is 9.69 Å². The normalized spacial score (nSPS) is 23.3. The molecule has 168 valence electrons. The second-order valence-corrected chi connectivity index (χ2v) is 10.2. The molecule has 1 saturated heterocycles. The van der Waals surface area contributed by atoms with Gasteiger partial charge in [-0.1, -0.05) is 45.2 Å². The van der Waals surface area contributed by atoms with Gasteiger partial charge < -0.3 is 15.4 Å². The number of thiocarbonyl (C=S) groups is 1. The van der Waals surface area contributed by atoms with E-state index in [1.54, 1.807) is 36.4 Å². The molecule has 3 aromatic rings. The summed E-state index contributed by atoms with van der Waals surface area (Å²) in [5.74, 6) is -0.179. The predicted molar refractivity (Wildman–Crippen MR) is 139 cm³/mol. The molecule has 0 saturated carbocycles. The molecule has 3 aromatic carbocycles. The van der Waals surface area contributed by atoms with Crippen LogP contribution in [0.15, 0.2) is 71.2 Å². The Hall–Kier alpha value is -2.32. The Morgan fingerprint density at radius 3 is 2.61 bits per heavy atom. The number of carbonyl (C=O) groups excluding carboxylic acids is 1. The number of amides is 1. The van der Waals surface area contributed by atoms with Crippen LogP contribution in [0.5, 0.6) is 5.75 Å². The van der Waals surface area contributed by atoms with Crippen LogP contribution in [-0.2, 0) is 4.79 Å². The second-order valence-electron chi connectivity index (χ2n) is 8.06. The Bertz CT molecular complexity index is 1270. The molecular formula is C24H18BrCl2N3O2S. The van der Waals surface area contributed by atoms with Crippen LogP contribution < -0.4 is 20.3 Å². The Kier molecular flexibility index (Phi) is 5.77. The number of nitrogens with zero attached hydrogens (tertiary/aromatic N) is 1. The lowest BCUT2D eigenvalue weighted by Gasteiger charge is -2.56. The number of benzene rings is 3. The first-order chi connectivity index (χ1) is 15.8. The summed E-state index contributed by atoms with van der Waals surface area (Å²) >= 11 is 21.6. The molecular weight excluding hydrogens is 545 g/mol. The SMILES string of the molecule is C[C@]12Oc3ccc(Br)cc3[C@@H](NC(=S)N1c1cccc(Cl)c1)[C@H]2C(=O)Nc1ccc(Cl)cc1. The second kappa shape index (κ2) is 8.47. The molecule has 0 unspecified atom stereocenters. The van der Waals surface area contributed by atoms with Gasteiger partial charge in [-0.15, -0.1) is 0 Å². The van der Waals surface area contributed by atoms with Crippen molar-refractivity contribution in [2.45, 2.75) is 18.7 Å². The first-order valence-electron chi connectivity index (χ1n) is 10.2. The number of nitrogens with one attached hydrogen (secondary N) is 2. The number of rotatable bonds is 3. The molecule has 5 nitrogen and oxygen atoms in total. The van der Waals surface area contributed by atoms with E-state index in [9.17, 15) is 4.79 Å². The van der Waals surface area contributed by atoms with E-state index in [2.05, 4.69) is 26.6 Å². The minimum Gasteiger partial charge on any atom is -0.467 e. The van der Waals surface area contributed by atoms with E-state index in [0.29, 0.717) is 26.6 Å². The summed E-state index contributed by atoms with van der Waals surface area (Å²) in [6.45, 7) is 1.88. The van der Waals surface area contributed by atoms with Crippen LogP contribution in [0.3, 0.4) is 0 Å². The molecule has 0 aliphatic carbocycles. The quantitative estimate of drug-likeness (QED) is 0.354. The Labute approximate surface area is 215 Å². The highest BCUT2D eigenvalue weighted by Gasteiger charge is 2.59. The van der Waals surface area contributed by atoms with E-state index < -0.39 is 17.7 Å². The highest BCUT2D eigenvalue weighted by atomic mass is 79.9. The first kappa shape index (κ1) is 22.5. The zero-order valence-electron chi connectivity index (χ0n) is 17.3. The van der Waals surface area contributed by atoms with E-state index in [1.165, 1.54) is 0 Å². The van der Waals surface area contributed by atoms with E-state index >= 15 is 0 Å². The lowest BCUT2D eigenvalue weighted by molar-refractivity contribution is -0.130. The van der Waals surface area contributed by atoms with Gasteiger partial charge in [-0.2, -0.15) is 0 Å². The third kappa shape index (κ3) is 3.97. The maximum Gasteiger partial charge on any atom is 0.236 e. The molecule has 2 aliphatic heterocycles. The predicted octanol–water partition coefficient (Wildman–Crippen LogP) is 6.56. The molecule has 2 heterocycles. The maximum atomic E-state index is 13.7. The molecule has 33 heavy (non-hydrogen) atoms. The van der Waals surface area contributed by atoms with Gasteiger partial charge in [0.15, 0.2) is 10.8 Å². The standard InChI is InChI=1S/C24H18BrCl2N3O2S/c1-24-20(22(31)28-16-8-6-14(26)7-9-16)21(18-11-13(25)5-10-19(18)32-24)29-23(33)30(24)17-4-2-3-15(27)12-17/h2-12,20-21H,1H3,(H,28,31)(H,29,33)/t20-,21+,24+/m0/s1. The molecule has 0 spiro atoms. The summed E-state index contributed by atoms with van der Waals surface area (Å²) in [6.07, 6.45) is 0. The van der Waals surface area contributed by atoms with Crippen LogP contribution in [0.4, 0.5) is 11.4 Å². The summed E-state index contributed by atoms with van der Waals surface area (Å²) in [5.41, 5.74) is 1.11. The topological polar surface area (TPSA) is 53.6 Å². The van der Waals surface area contributed by atoms with Gasteiger partial charge in [0, 0.05) is 31.5 Å². The van der Waals surface area contributed by atoms with Crippen molar-refractivity contribution in [2.24, 2.45) is 5.92 Å². The van der Waals surface area contributed by atoms with E-state index in [1.807, 2.05) is 42.2 Å². The minimum atomic E-state index is -1.12. The third-order valence-electron chi connectivity index (χ3n) is 5.92. The number of hydrogen-bond acceptors (Lipinski definition) is 3. The average molecular weight is 563 g/mol. The van der Waals surface area contributed by atoms with Crippen LogP contribution >= 0.6 is 51.3 Å². The third-order valence-corrected chi connectivity index (χ3v) is 7.20. The lowest BCUT2D eigenvalue weighted by Crippen LogP contribution is -2.72. The number of halogens is 3. The summed E-state index contributed by atoms with van der Waals surface area (Å²) in [5, 5.41) is 7.99. The molecule has 9 heteroatoms. The number of hydrogen-bond donors (Lipinski definition) is 2. The van der Waals surface area contributed by atoms with Gasteiger partial charge in [-0.25, -0.2) is 0 Å². The summed E-state index contributed by atoms with van der Waals surface area (Å²) in [6, 6.07) is 19.7. The molecule has 2 N–H and O–H groups in total. The van der Waals surface area contributed by atoms with Crippen molar-refractivity contribution in [3.63, 3.8) is 0 Å². The molecule has 2 bridgehead atoms. The Morgan fingerprint density at radius 2 is 1.88 bits per heavy atom. The van der Waals surface area contributed by atoms with Crippen LogP contribution in [0.2, 0.25) is 10.0 Å². The van der Waals surface area contributed by atoms with Gasteiger partial charge in [0.2, 0.25) is 5.91 Å². The highest BCUT2D eigenvalue weighted by molar-refractivity contribution is 9.10.